The second-order valence-corrected chi connectivity index (χ2v) is 7.60. The maximum atomic E-state index is 14.2. The van der Waals surface area contributed by atoms with Gasteiger partial charge in [-0.1, -0.05) is 6.07 Å². The fourth-order valence-electron chi connectivity index (χ4n) is 5.57. The zero-order valence-corrected chi connectivity index (χ0v) is 14.6. The predicted octanol–water partition coefficient (Wildman–Crippen LogP) is 3.52. The van der Waals surface area contributed by atoms with Gasteiger partial charge < -0.3 is 14.3 Å². The SMILES string of the molecule is COc1ccc2c(c1)CC[C@@H]1[C@@H]2C(=O)O[C@@]2(C(F)F)[C@H](CC=O)CC[C@@H]12. The summed E-state index contributed by atoms with van der Waals surface area (Å²) in [5.41, 5.74) is 0.0895. The Hall–Kier alpha value is -1.98. The molecule has 0 N–H and O–H groups in total. The molecule has 1 saturated carbocycles. The number of fused-ring (bicyclic) bond motifs is 5. The van der Waals surface area contributed by atoms with Crippen molar-refractivity contribution in [3.8, 4) is 5.75 Å². The van der Waals surface area contributed by atoms with Gasteiger partial charge in [-0.3, -0.25) is 4.79 Å². The molecular weight excluding hydrogens is 342 g/mol. The number of carbonyl (C=O) groups excluding carboxylic acids is 2. The van der Waals surface area contributed by atoms with Gasteiger partial charge in [-0.15, -0.1) is 0 Å². The number of ether oxygens (including phenoxy) is 2. The van der Waals surface area contributed by atoms with Gasteiger partial charge in [-0.25, -0.2) is 8.78 Å². The van der Waals surface area contributed by atoms with Crippen LogP contribution in [0.3, 0.4) is 0 Å². The molecule has 1 aromatic carbocycles. The number of rotatable bonds is 4. The Morgan fingerprint density at radius 3 is 2.85 bits per heavy atom. The Bertz CT molecular complexity index is 735. The number of hydrogen-bond acceptors (Lipinski definition) is 4. The van der Waals surface area contributed by atoms with Crippen molar-refractivity contribution in [1.82, 2.24) is 0 Å². The second kappa shape index (κ2) is 6.32. The monoisotopic (exact) mass is 364 g/mol. The fraction of sp³-hybridized carbons (Fsp3) is 0.600. The van der Waals surface area contributed by atoms with Crippen molar-refractivity contribution in [2.45, 2.75) is 50.0 Å². The maximum Gasteiger partial charge on any atom is 0.314 e. The molecule has 0 bridgehead atoms. The molecule has 5 atom stereocenters. The highest BCUT2D eigenvalue weighted by molar-refractivity contribution is 5.81. The Morgan fingerprint density at radius 2 is 2.15 bits per heavy atom. The summed E-state index contributed by atoms with van der Waals surface area (Å²) in [5, 5.41) is 0. The summed E-state index contributed by atoms with van der Waals surface area (Å²) in [6.07, 6.45) is 0.380. The number of esters is 1. The van der Waals surface area contributed by atoms with E-state index in [1.807, 2.05) is 12.1 Å². The molecule has 2 aliphatic carbocycles. The highest BCUT2D eigenvalue weighted by Gasteiger charge is 2.66. The number of methoxy groups -OCH3 is 1. The third kappa shape index (κ3) is 2.30. The lowest BCUT2D eigenvalue weighted by molar-refractivity contribution is -0.224. The van der Waals surface area contributed by atoms with E-state index >= 15 is 0 Å². The van der Waals surface area contributed by atoms with E-state index in [0.717, 1.165) is 23.3 Å². The van der Waals surface area contributed by atoms with Gasteiger partial charge >= 0.3 is 5.97 Å². The first kappa shape index (κ1) is 17.4. The average molecular weight is 364 g/mol. The highest BCUT2D eigenvalue weighted by atomic mass is 19.3. The minimum Gasteiger partial charge on any atom is -0.497 e. The van der Waals surface area contributed by atoms with E-state index in [1.54, 1.807) is 13.2 Å². The lowest BCUT2D eigenvalue weighted by Gasteiger charge is -2.50. The molecule has 26 heavy (non-hydrogen) atoms. The standard InChI is InChI=1S/C20H22F2O4/c1-25-13-4-6-14-11(10-13)2-5-15-16-7-3-12(8-9-23)20(16,19(21)22)26-18(24)17(14)15/h4,6,9-10,12,15-17,19H,2-3,5,7-8H2,1H3/t12-,15-,16-,17+,20-/m0/s1. The van der Waals surface area contributed by atoms with Crippen molar-refractivity contribution in [1.29, 1.82) is 0 Å². The van der Waals surface area contributed by atoms with E-state index in [1.165, 1.54) is 0 Å². The third-order valence-corrected chi connectivity index (χ3v) is 6.67. The summed E-state index contributed by atoms with van der Waals surface area (Å²) in [6.45, 7) is 0. The molecule has 4 rings (SSSR count). The maximum absolute atomic E-state index is 14.2. The Morgan fingerprint density at radius 1 is 1.35 bits per heavy atom. The Balaban J connectivity index is 1.75. The van der Waals surface area contributed by atoms with E-state index in [9.17, 15) is 18.4 Å². The first-order chi connectivity index (χ1) is 12.5. The molecule has 3 aliphatic rings. The zero-order valence-electron chi connectivity index (χ0n) is 14.6. The van der Waals surface area contributed by atoms with E-state index < -0.39 is 35.7 Å². The van der Waals surface area contributed by atoms with Crippen LogP contribution in [0.15, 0.2) is 18.2 Å². The van der Waals surface area contributed by atoms with Gasteiger partial charge in [0.2, 0.25) is 0 Å². The molecule has 1 aliphatic heterocycles. The van der Waals surface area contributed by atoms with Crippen LogP contribution in [0.5, 0.6) is 5.75 Å². The van der Waals surface area contributed by atoms with Gasteiger partial charge in [-0.2, -0.15) is 0 Å². The van der Waals surface area contributed by atoms with Gasteiger partial charge in [-0.05, 0) is 54.9 Å². The number of benzene rings is 1. The van der Waals surface area contributed by atoms with Crippen molar-refractivity contribution in [3.05, 3.63) is 29.3 Å². The van der Waals surface area contributed by atoms with Crippen molar-refractivity contribution in [2.24, 2.45) is 17.8 Å². The van der Waals surface area contributed by atoms with Gasteiger partial charge in [0.05, 0.1) is 13.0 Å². The average Bonchev–Trinajstić information content (AvgIpc) is 3.00. The van der Waals surface area contributed by atoms with Crippen molar-refractivity contribution in [2.75, 3.05) is 7.11 Å². The van der Waals surface area contributed by atoms with Crippen molar-refractivity contribution >= 4 is 12.3 Å². The molecule has 1 saturated heterocycles. The molecule has 2 fully saturated rings. The van der Waals surface area contributed by atoms with Crippen LogP contribution in [0, 0.1) is 17.8 Å². The zero-order chi connectivity index (χ0) is 18.5. The van der Waals surface area contributed by atoms with E-state index in [0.29, 0.717) is 25.5 Å². The number of aryl methyl sites for hydroxylation is 1. The normalized spacial score (nSPS) is 35.3. The quantitative estimate of drug-likeness (QED) is 0.606. The molecule has 0 aromatic heterocycles. The summed E-state index contributed by atoms with van der Waals surface area (Å²) in [7, 11) is 1.59. The largest absolute Gasteiger partial charge is 0.497 e. The van der Waals surface area contributed by atoms with Crippen molar-refractivity contribution < 1.29 is 27.8 Å². The Labute approximate surface area is 150 Å². The van der Waals surface area contributed by atoms with Crippen LogP contribution in [0.1, 0.15) is 42.7 Å². The molecule has 0 radical (unpaired) electrons. The Kier molecular flexibility index (Phi) is 4.24. The number of aldehydes is 1. The highest BCUT2D eigenvalue weighted by Crippen LogP contribution is 2.59. The third-order valence-electron chi connectivity index (χ3n) is 6.67. The summed E-state index contributed by atoms with van der Waals surface area (Å²) in [5.74, 6) is -1.51. The summed E-state index contributed by atoms with van der Waals surface area (Å²) < 4.78 is 39.1. The van der Waals surface area contributed by atoms with Crippen LogP contribution in [-0.4, -0.2) is 31.4 Å². The molecule has 6 heteroatoms. The molecule has 4 nitrogen and oxygen atoms in total. The van der Waals surface area contributed by atoms with E-state index in [4.69, 9.17) is 9.47 Å². The van der Waals surface area contributed by atoms with Crippen molar-refractivity contribution in [3.63, 3.8) is 0 Å². The molecule has 140 valence electrons. The first-order valence-corrected chi connectivity index (χ1v) is 9.14. The van der Waals surface area contributed by atoms with Crippen LogP contribution < -0.4 is 4.74 Å². The van der Waals surface area contributed by atoms with Gasteiger partial charge in [0.15, 0.2) is 5.60 Å². The van der Waals surface area contributed by atoms with Crippen LogP contribution >= 0.6 is 0 Å². The lowest BCUT2D eigenvalue weighted by atomic mass is 9.63. The molecule has 1 heterocycles. The van der Waals surface area contributed by atoms with E-state index in [-0.39, 0.29) is 12.3 Å². The smallest absolute Gasteiger partial charge is 0.314 e. The van der Waals surface area contributed by atoms with Crippen LogP contribution in [0.2, 0.25) is 0 Å². The van der Waals surface area contributed by atoms with Crippen LogP contribution in [0.25, 0.3) is 0 Å². The summed E-state index contributed by atoms with van der Waals surface area (Å²) in [4.78, 5) is 23.9. The lowest BCUT2D eigenvalue weighted by Crippen LogP contribution is -2.59. The first-order valence-electron chi connectivity index (χ1n) is 9.14. The summed E-state index contributed by atoms with van der Waals surface area (Å²) in [6, 6.07) is 5.57. The van der Waals surface area contributed by atoms with Crippen LogP contribution in [0.4, 0.5) is 8.78 Å². The number of halogens is 2. The topological polar surface area (TPSA) is 52.6 Å². The molecule has 0 amide bonds. The minimum atomic E-state index is -2.78. The summed E-state index contributed by atoms with van der Waals surface area (Å²) >= 11 is 0. The van der Waals surface area contributed by atoms with Gasteiger partial charge in [0.25, 0.3) is 6.43 Å². The van der Waals surface area contributed by atoms with E-state index in [2.05, 4.69) is 0 Å². The van der Waals surface area contributed by atoms with Gasteiger partial charge in [0, 0.05) is 18.3 Å². The molecular formula is C20H22F2O4. The minimum absolute atomic E-state index is 0.0132. The molecule has 0 spiro atoms. The molecule has 0 unspecified atom stereocenters. The number of alkyl halides is 2. The van der Waals surface area contributed by atoms with Crippen LogP contribution in [-0.2, 0) is 20.7 Å². The number of hydrogen-bond donors (Lipinski definition) is 0. The predicted molar refractivity (Wildman–Crippen MR) is 89.3 cm³/mol. The molecule has 1 aromatic rings. The van der Waals surface area contributed by atoms with Gasteiger partial charge in [0.1, 0.15) is 12.0 Å². The second-order valence-electron chi connectivity index (χ2n) is 7.60. The fourth-order valence-corrected chi connectivity index (χ4v) is 5.57. The number of carbonyl (C=O) groups is 2.